The fraction of sp³-hybridized carbons (Fsp3) is 0.643. The SMILES string of the molecule is Cc1cc(OCCCNc2nc(C3CCOC3)ns2)n(C)n1. The highest BCUT2D eigenvalue weighted by Gasteiger charge is 2.21. The second-order valence-corrected chi connectivity index (χ2v) is 6.15. The van der Waals surface area contributed by atoms with Gasteiger partial charge in [-0.3, -0.25) is 0 Å². The van der Waals surface area contributed by atoms with E-state index >= 15 is 0 Å². The molecule has 3 rings (SSSR count). The number of anilines is 1. The van der Waals surface area contributed by atoms with Gasteiger partial charge in [0.2, 0.25) is 11.0 Å². The highest BCUT2D eigenvalue weighted by Crippen LogP contribution is 2.25. The van der Waals surface area contributed by atoms with Gasteiger partial charge in [0, 0.05) is 43.7 Å². The van der Waals surface area contributed by atoms with Gasteiger partial charge in [-0.25, -0.2) is 9.67 Å². The van der Waals surface area contributed by atoms with Crippen LogP contribution in [0.1, 0.15) is 30.3 Å². The standard InChI is InChI=1S/C14H21N5O2S/c1-10-8-12(19(2)17-10)21-6-3-5-15-14-16-13(18-22-14)11-4-7-20-9-11/h8,11H,3-7,9H2,1-2H3,(H,15,16,18). The van der Waals surface area contributed by atoms with Crippen molar-refractivity contribution < 1.29 is 9.47 Å². The minimum atomic E-state index is 0.364. The van der Waals surface area contributed by atoms with Crippen LogP contribution >= 0.6 is 11.5 Å². The van der Waals surface area contributed by atoms with Crippen LogP contribution in [0.3, 0.4) is 0 Å². The van der Waals surface area contributed by atoms with Gasteiger partial charge in [0.05, 0.1) is 18.9 Å². The molecule has 1 unspecified atom stereocenters. The smallest absolute Gasteiger partial charge is 0.211 e. The van der Waals surface area contributed by atoms with E-state index in [4.69, 9.17) is 9.47 Å². The van der Waals surface area contributed by atoms with Crippen LogP contribution in [0, 0.1) is 6.92 Å². The molecule has 1 atom stereocenters. The van der Waals surface area contributed by atoms with Crippen molar-refractivity contribution in [3.8, 4) is 5.88 Å². The predicted octanol–water partition coefficient (Wildman–Crippen LogP) is 1.96. The fourth-order valence-electron chi connectivity index (χ4n) is 2.38. The average Bonchev–Trinajstić information content (AvgIpc) is 3.20. The largest absolute Gasteiger partial charge is 0.478 e. The molecule has 0 aromatic carbocycles. The van der Waals surface area contributed by atoms with Crippen LogP contribution in [0.2, 0.25) is 0 Å². The summed E-state index contributed by atoms with van der Waals surface area (Å²) in [7, 11) is 1.89. The van der Waals surface area contributed by atoms with E-state index < -0.39 is 0 Å². The third-order valence-electron chi connectivity index (χ3n) is 3.54. The Morgan fingerprint density at radius 2 is 2.45 bits per heavy atom. The van der Waals surface area contributed by atoms with Crippen LogP contribution in [-0.2, 0) is 11.8 Å². The van der Waals surface area contributed by atoms with Crippen molar-refractivity contribution in [2.24, 2.45) is 7.05 Å². The molecule has 0 amide bonds. The van der Waals surface area contributed by atoms with E-state index in [1.165, 1.54) is 11.5 Å². The van der Waals surface area contributed by atoms with Gasteiger partial charge < -0.3 is 14.8 Å². The maximum Gasteiger partial charge on any atom is 0.211 e. The lowest BCUT2D eigenvalue weighted by Crippen LogP contribution is -2.09. The number of rotatable bonds is 7. The second-order valence-electron chi connectivity index (χ2n) is 5.39. The van der Waals surface area contributed by atoms with Gasteiger partial charge in [-0.05, 0) is 19.8 Å². The molecule has 22 heavy (non-hydrogen) atoms. The Kier molecular flexibility index (Phi) is 4.89. The van der Waals surface area contributed by atoms with Gasteiger partial charge >= 0.3 is 0 Å². The van der Waals surface area contributed by atoms with Crippen molar-refractivity contribution in [3.05, 3.63) is 17.6 Å². The molecule has 3 heterocycles. The summed E-state index contributed by atoms with van der Waals surface area (Å²) in [6.07, 6.45) is 1.92. The van der Waals surface area contributed by atoms with Crippen LogP contribution in [0.25, 0.3) is 0 Å². The van der Waals surface area contributed by atoms with Crippen LogP contribution in [-0.4, -0.2) is 45.5 Å². The lowest BCUT2D eigenvalue weighted by atomic mass is 10.1. The summed E-state index contributed by atoms with van der Waals surface area (Å²) in [6, 6.07) is 1.94. The minimum absolute atomic E-state index is 0.364. The highest BCUT2D eigenvalue weighted by atomic mass is 32.1. The Bertz CT molecular complexity index is 606. The highest BCUT2D eigenvalue weighted by molar-refractivity contribution is 7.09. The first-order valence-electron chi connectivity index (χ1n) is 7.51. The van der Waals surface area contributed by atoms with Crippen molar-refractivity contribution in [3.63, 3.8) is 0 Å². The van der Waals surface area contributed by atoms with E-state index in [1.54, 1.807) is 4.68 Å². The fourth-order valence-corrected chi connectivity index (χ4v) is 3.05. The number of hydrogen-bond acceptors (Lipinski definition) is 7. The number of ether oxygens (including phenoxy) is 2. The molecule has 7 nitrogen and oxygen atoms in total. The Balaban J connectivity index is 1.37. The molecule has 1 saturated heterocycles. The number of aryl methyl sites for hydroxylation is 2. The molecule has 8 heteroatoms. The molecule has 0 spiro atoms. The van der Waals surface area contributed by atoms with E-state index in [0.717, 1.165) is 55.1 Å². The topological polar surface area (TPSA) is 74.1 Å². The molecule has 0 bridgehead atoms. The van der Waals surface area contributed by atoms with Gasteiger partial charge in [0.15, 0.2) is 0 Å². The molecule has 0 aliphatic carbocycles. The number of nitrogens with zero attached hydrogens (tertiary/aromatic N) is 4. The predicted molar refractivity (Wildman–Crippen MR) is 84.6 cm³/mol. The Morgan fingerprint density at radius 1 is 1.55 bits per heavy atom. The summed E-state index contributed by atoms with van der Waals surface area (Å²) < 4.78 is 17.2. The molecule has 2 aromatic rings. The normalized spacial score (nSPS) is 17.8. The van der Waals surface area contributed by atoms with Crippen LogP contribution in [0.5, 0.6) is 5.88 Å². The van der Waals surface area contributed by atoms with Crippen molar-refractivity contribution >= 4 is 16.7 Å². The molecule has 120 valence electrons. The third-order valence-corrected chi connectivity index (χ3v) is 4.23. The van der Waals surface area contributed by atoms with E-state index in [0.29, 0.717) is 12.5 Å². The van der Waals surface area contributed by atoms with Gasteiger partial charge in [0.25, 0.3) is 0 Å². The summed E-state index contributed by atoms with van der Waals surface area (Å²) in [5.74, 6) is 2.08. The Hall–Kier alpha value is -1.67. The van der Waals surface area contributed by atoms with Crippen LogP contribution in [0.15, 0.2) is 6.07 Å². The first kappa shape index (κ1) is 15.2. The van der Waals surface area contributed by atoms with Gasteiger partial charge in [-0.2, -0.15) is 9.47 Å². The summed E-state index contributed by atoms with van der Waals surface area (Å²) >= 11 is 1.41. The maximum absolute atomic E-state index is 5.69. The zero-order valence-electron chi connectivity index (χ0n) is 12.9. The molecular weight excluding hydrogens is 302 g/mol. The van der Waals surface area contributed by atoms with Crippen molar-refractivity contribution in [2.75, 3.05) is 31.7 Å². The molecule has 0 saturated carbocycles. The summed E-state index contributed by atoms with van der Waals surface area (Å²) in [6.45, 7) is 4.98. The van der Waals surface area contributed by atoms with Crippen LogP contribution in [0.4, 0.5) is 5.13 Å². The van der Waals surface area contributed by atoms with E-state index in [2.05, 4.69) is 19.8 Å². The third kappa shape index (κ3) is 3.75. The van der Waals surface area contributed by atoms with E-state index in [1.807, 2.05) is 20.0 Å². The quantitative estimate of drug-likeness (QED) is 0.785. The molecular formula is C14H21N5O2S. The maximum atomic E-state index is 5.69. The van der Waals surface area contributed by atoms with Crippen molar-refractivity contribution in [1.82, 2.24) is 19.1 Å². The summed E-state index contributed by atoms with van der Waals surface area (Å²) in [5.41, 5.74) is 0.966. The second kappa shape index (κ2) is 7.06. The molecule has 1 aliphatic heterocycles. The first-order valence-corrected chi connectivity index (χ1v) is 8.28. The van der Waals surface area contributed by atoms with Crippen molar-refractivity contribution in [1.29, 1.82) is 0 Å². The van der Waals surface area contributed by atoms with Crippen LogP contribution < -0.4 is 10.1 Å². The van der Waals surface area contributed by atoms with Gasteiger partial charge in [-0.15, -0.1) is 0 Å². The van der Waals surface area contributed by atoms with Gasteiger partial charge in [-0.1, -0.05) is 0 Å². The number of hydrogen-bond donors (Lipinski definition) is 1. The minimum Gasteiger partial charge on any atom is -0.478 e. The van der Waals surface area contributed by atoms with E-state index in [-0.39, 0.29) is 0 Å². The lowest BCUT2D eigenvalue weighted by Gasteiger charge is -2.06. The zero-order valence-corrected chi connectivity index (χ0v) is 13.7. The molecule has 1 aliphatic rings. The molecule has 1 fully saturated rings. The first-order chi connectivity index (χ1) is 10.7. The number of nitrogens with one attached hydrogen (secondary N) is 1. The molecule has 0 radical (unpaired) electrons. The summed E-state index contributed by atoms with van der Waals surface area (Å²) in [4.78, 5) is 4.53. The monoisotopic (exact) mass is 323 g/mol. The number of aromatic nitrogens is 4. The van der Waals surface area contributed by atoms with Crippen molar-refractivity contribution in [2.45, 2.75) is 25.7 Å². The average molecular weight is 323 g/mol. The Labute approximate surface area is 133 Å². The van der Waals surface area contributed by atoms with E-state index in [9.17, 15) is 0 Å². The molecule has 2 aromatic heterocycles. The zero-order chi connectivity index (χ0) is 15.4. The Morgan fingerprint density at radius 3 is 3.18 bits per heavy atom. The summed E-state index contributed by atoms with van der Waals surface area (Å²) in [5, 5.41) is 8.42. The van der Waals surface area contributed by atoms with Gasteiger partial charge in [0.1, 0.15) is 5.82 Å². The molecule has 1 N–H and O–H groups in total. The lowest BCUT2D eigenvalue weighted by molar-refractivity contribution is 0.193.